The molecular weight excluding hydrogens is 456 g/mol. The highest BCUT2D eigenvalue weighted by atomic mass is 19.1. The number of halogens is 2. The summed E-state index contributed by atoms with van der Waals surface area (Å²) in [7, 11) is 2.97. The van der Waals surface area contributed by atoms with Crippen molar-refractivity contribution in [3.05, 3.63) is 89.0 Å². The van der Waals surface area contributed by atoms with Gasteiger partial charge in [0.2, 0.25) is 5.75 Å². The molecule has 1 saturated heterocycles. The highest BCUT2D eigenvalue weighted by molar-refractivity contribution is 5.74. The molecule has 0 bridgehead atoms. The maximum absolute atomic E-state index is 15.0. The minimum Gasteiger partial charge on any atom is -0.493 e. The van der Waals surface area contributed by atoms with E-state index in [1.165, 1.54) is 26.4 Å². The molecule has 1 N–H and O–H groups in total. The van der Waals surface area contributed by atoms with Gasteiger partial charge in [0, 0.05) is 18.2 Å². The van der Waals surface area contributed by atoms with Gasteiger partial charge in [-0.15, -0.1) is 0 Å². The Morgan fingerprint density at radius 3 is 2.34 bits per heavy atom. The van der Waals surface area contributed by atoms with Crippen molar-refractivity contribution in [2.24, 2.45) is 0 Å². The van der Waals surface area contributed by atoms with E-state index in [1.54, 1.807) is 17.0 Å². The Hall–Kier alpha value is -3.65. The normalized spacial score (nSPS) is 16.6. The molecule has 0 aromatic heterocycles. The van der Waals surface area contributed by atoms with Crippen LogP contribution in [0, 0.1) is 11.6 Å². The second kappa shape index (κ2) is 10.7. The number of rotatable bonds is 9. The standard InChI is InChI=1S/C27H27F2NO5/c1-33-23-13-18(14-24(34-2)26(23)35-16-17-7-4-3-5-8-17)25(20-11-10-19(28)15-21(20)29)30-12-6-9-22(30)27(31)32/h3-5,7-8,10-11,13-15,22,25H,6,9,12,16H2,1-2H3,(H,31,32). The maximum atomic E-state index is 15.0. The van der Waals surface area contributed by atoms with E-state index in [2.05, 4.69) is 0 Å². The SMILES string of the molecule is COc1cc(C(c2ccc(F)cc2F)N2CCCC2C(=O)O)cc(OC)c1OCc1ccccc1. The first kappa shape index (κ1) is 24.5. The average molecular weight is 484 g/mol. The quantitative estimate of drug-likeness (QED) is 0.451. The molecule has 2 unspecified atom stereocenters. The molecule has 184 valence electrons. The van der Waals surface area contributed by atoms with Gasteiger partial charge in [-0.1, -0.05) is 36.4 Å². The summed E-state index contributed by atoms with van der Waals surface area (Å²) in [6.07, 6.45) is 1.07. The molecule has 35 heavy (non-hydrogen) atoms. The van der Waals surface area contributed by atoms with Crippen molar-refractivity contribution in [1.82, 2.24) is 4.90 Å². The van der Waals surface area contributed by atoms with Crippen LogP contribution in [-0.4, -0.2) is 42.8 Å². The number of hydrogen-bond donors (Lipinski definition) is 1. The van der Waals surface area contributed by atoms with Gasteiger partial charge in [-0.3, -0.25) is 9.69 Å². The minimum atomic E-state index is -0.989. The monoisotopic (exact) mass is 483 g/mol. The fourth-order valence-corrected chi connectivity index (χ4v) is 4.57. The average Bonchev–Trinajstić information content (AvgIpc) is 3.34. The summed E-state index contributed by atoms with van der Waals surface area (Å²) >= 11 is 0. The van der Waals surface area contributed by atoms with E-state index >= 15 is 4.39 Å². The second-order valence-electron chi connectivity index (χ2n) is 8.33. The molecule has 0 spiro atoms. The smallest absolute Gasteiger partial charge is 0.320 e. The third-order valence-corrected chi connectivity index (χ3v) is 6.19. The molecule has 0 saturated carbocycles. The van der Waals surface area contributed by atoms with Gasteiger partial charge in [0.25, 0.3) is 0 Å². The molecule has 0 amide bonds. The van der Waals surface area contributed by atoms with Crippen molar-refractivity contribution in [3.63, 3.8) is 0 Å². The van der Waals surface area contributed by atoms with Crippen molar-refractivity contribution >= 4 is 5.97 Å². The number of benzene rings is 3. The fraction of sp³-hybridized carbons (Fsp3) is 0.296. The highest BCUT2D eigenvalue weighted by Crippen LogP contribution is 2.44. The molecule has 1 fully saturated rings. The topological polar surface area (TPSA) is 68.2 Å². The zero-order valence-electron chi connectivity index (χ0n) is 19.5. The van der Waals surface area contributed by atoms with Crippen LogP contribution in [0.15, 0.2) is 60.7 Å². The number of carbonyl (C=O) groups is 1. The van der Waals surface area contributed by atoms with Crippen LogP contribution in [0.25, 0.3) is 0 Å². The van der Waals surface area contributed by atoms with Crippen LogP contribution in [0.5, 0.6) is 17.2 Å². The molecule has 1 aliphatic rings. The molecule has 2 atom stereocenters. The van der Waals surface area contributed by atoms with Crippen LogP contribution in [0.3, 0.4) is 0 Å². The van der Waals surface area contributed by atoms with Gasteiger partial charge in [0.1, 0.15) is 24.3 Å². The van der Waals surface area contributed by atoms with Crippen molar-refractivity contribution < 1.29 is 32.9 Å². The lowest BCUT2D eigenvalue weighted by Crippen LogP contribution is -2.39. The fourth-order valence-electron chi connectivity index (χ4n) is 4.57. The third-order valence-electron chi connectivity index (χ3n) is 6.19. The summed E-state index contributed by atoms with van der Waals surface area (Å²) < 4.78 is 45.9. The van der Waals surface area contributed by atoms with Crippen molar-refractivity contribution in [1.29, 1.82) is 0 Å². The number of nitrogens with zero attached hydrogens (tertiary/aromatic N) is 1. The van der Waals surface area contributed by atoms with Crippen LogP contribution in [-0.2, 0) is 11.4 Å². The van der Waals surface area contributed by atoms with Gasteiger partial charge in [-0.25, -0.2) is 8.78 Å². The van der Waals surface area contributed by atoms with E-state index in [4.69, 9.17) is 14.2 Å². The Morgan fingerprint density at radius 2 is 1.74 bits per heavy atom. The zero-order chi connectivity index (χ0) is 24.9. The summed E-state index contributed by atoms with van der Waals surface area (Å²) in [6, 6.07) is 14.7. The van der Waals surface area contributed by atoms with Crippen molar-refractivity contribution in [3.8, 4) is 17.2 Å². The number of likely N-dealkylation sites (tertiary alicyclic amines) is 1. The predicted octanol–water partition coefficient (Wildman–Crippen LogP) is 5.20. The first-order valence-electron chi connectivity index (χ1n) is 11.3. The first-order valence-corrected chi connectivity index (χ1v) is 11.3. The Morgan fingerprint density at radius 1 is 1.06 bits per heavy atom. The molecule has 4 rings (SSSR count). The van der Waals surface area contributed by atoms with E-state index in [0.29, 0.717) is 42.2 Å². The summed E-state index contributed by atoms with van der Waals surface area (Å²) in [6.45, 7) is 0.714. The number of carboxylic acids is 1. The van der Waals surface area contributed by atoms with Gasteiger partial charge in [-0.2, -0.15) is 0 Å². The van der Waals surface area contributed by atoms with Crippen molar-refractivity contribution in [2.75, 3.05) is 20.8 Å². The van der Waals surface area contributed by atoms with Gasteiger partial charge in [0.15, 0.2) is 11.5 Å². The lowest BCUT2D eigenvalue weighted by atomic mass is 9.95. The molecule has 3 aromatic carbocycles. The third kappa shape index (κ3) is 5.22. The molecule has 6 nitrogen and oxygen atoms in total. The number of hydrogen-bond acceptors (Lipinski definition) is 5. The minimum absolute atomic E-state index is 0.168. The molecule has 1 heterocycles. The molecule has 0 aliphatic carbocycles. The summed E-state index contributed by atoms with van der Waals surface area (Å²) in [5.41, 5.74) is 1.67. The number of aliphatic carboxylic acids is 1. The zero-order valence-corrected chi connectivity index (χ0v) is 19.5. The number of methoxy groups -OCH3 is 2. The van der Waals surface area contributed by atoms with Crippen molar-refractivity contribution in [2.45, 2.75) is 31.5 Å². The Kier molecular flexibility index (Phi) is 7.51. The van der Waals surface area contributed by atoms with Crippen LogP contribution in [0.4, 0.5) is 8.78 Å². The van der Waals surface area contributed by atoms with Gasteiger partial charge in [0.05, 0.1) is 20.3 Å². The first-order chi connectivity index (χ1) is 16.9. The second-order valence-corrected chi connectivity index (χ2v) is 8.33. The summed E-state index contributed by atoms with van der Waals surface area (Å²) in [4.78, 5) is 13.7. The Bertz CT molecular complexity index is 1160. The largest absolute Gasteiger partial charge is 0.493 e. The summed E-state index contributed by atoms with van der Waals surface area (Å²) in [5, 5.41) is 9.80. The van der Waals surface area contributed by atoms with Gasteiger partial charge < -0.3 is 19.3 Å². The maximum Gasteiger partial charge on any atom is 0.320 e. The van der Waals surface area contributed by atoms with Crippen LogP contribution >= 0.6 is 0 Å². The van der Waals surface area contributed by atoms with E-state index < -0.39 is 29.7 Å². The lowest BCUT2D eigenvalue weighted by molar-refractivity contribution is -0.142. The van der Waals surface area contributed by atoms with Crippen LogP contribution < -0.4 is 14.2 Å². The predicted molar refractivity (Wildman–Crippen MR) is 126 cm³/mol. The van der Waals surface area contributed by atoms with Crippen LogP contribution in [0.2, 0.25) is 0 Å². The Labute approximate surface area is 202 Å². The highest BCUT2D eigenvalue weighted by Gasteiger charge is 2.38. The molecule has 8 heteroatoms. The number of ether oxygens (including phenoxy) is 3. The molecular formula is C27H27F2NO5. The van der Waals surface area contributed by atoms with E-state index in [9.17, 15) is 14.3 Å². The summed E-state index contributed by atoms with van der Waals surface area (Å²) in [5.74, 6) is -1.37. The van der Waals surface area contributed by atoms with E-state index in [-0.39, 0.29) is 12.2 Å². The molecule has 3 aromatic rings. The van der Waals surface area contributed by atoms with Crippen LogP contribution in [0.1, 0.15) is 35.6 Å². The van der Waals surface area contributed by atoms with E-state index in [1.807, 2.05) is 30.3 Å². The number of carboxylic acid groups (broad SMARTS) is 1. The Balaban J connectivity index is 1.80. The van der Waals surface area contributed by atoms with Gasteiger partial charge >= 0.3 is 5.97 Å². The lowest BCUT2D eigenvalue weighted by Gasteiger charge is -2.33. The van der Waals surface area contributed by atoms with Gasteiger partial charge in [-0.05, 0) is 42.2 Å². The molecule has 0 radical (unpaired) electrons. The van der Waals surface area contributed by atoms with E-state index in [0.717, 1.165) is 11.6 Å². The molecule has 1 aliphatic heterocycles.